The summed E-state index contributed by atoms with van der Waals surface area (Å²) in [7, 11) is 1.67. The predicted octanol–water partition coefficient (Wildman–Crippen LogP) is 2.95. The van der Waals surface area contributed by atoms with Gasteiger partial charge in [-0.2, -0.15) is 0 Å². The van der Waals surface area contributed by atoms with Crippen LogP contribution in [0.3, 0.4) is 0 Å². The Morgan fingerprint density at radius 2 is 1.81 bits per heavy atom. The van der Waals surface area contributed by atoms with E-state index in [1.54, 1.807) is 13.2 Å². The van der Waals surface area contributed by atoms with Gasteiger partial charge in [-0.05, 0) is 36.2 Å². The lowest BCUT2D eigenvalue weighted by molar-refractivity contribution is 0.0698. The Morgan fingerprint density at radius 1 is 1.14 bits per heavy atom. The normalized spacial score (nSPS) is 10.3. The topological polar surface area (TPSA) is 81.8 Å². The third kappa shape index (κ3) is 3.97. The van der Waals surface area contributed by atoms with E-state index >= 15 is 0 Å². The molecule has 3 N–H and O–H groups in total. The number of benzene rings is 2. The van der Waals surface area contributed by atoms with Gasteiger partial charge in [0.2, 0.25) is 0 Å². The number of methoxy groups -OCH3 is 1. The number of hydrogen-bond donors (Lipinski definition) is 2. The molecule has 0 heterocycles. The van der Waals surface area contributed by atoms with E-state index in [9.17, 15) is 4.79 Å². The monoisotopic (exact) mass is 287 g/mol. The van der Waals surface area contributed by atoms with Gasteiger partial charge in [0.25, 0.3) is 0 Å². The van der Waals surface area contributed by atoms with Crippen LogP contribution in [0, 0.1) is 0 Å². The molecule has 0 aliphatic rings. The molecule has 110 valence electrons. The molecule has 0 aliphatic heterocycles. The lowest BCUT2D eigenvalue weighted by Crippen LogP contribution is -2.02. The molecule has 5 nitrogen and oxygen atoms in total. The van der Waals surface area contributed by atoms with Gasteiger partial charge >= 0.3 is 5.97 Å². The van der Waals surface area contributed by atoms with E-state index in [4.69, 9.17) is 20.3 Å². The SMILES string of the molecule is COCCc1ccc(Oc2ccc(C(=O)O)c(N)c2)cc1. The maximum Gasteiger partial charge on any atom is 0.337 e. The Morgan fingerprint density at radius 3 is 2.38 bits per heavy atom. The van der Waals surface area contributed by atoms with Crippen LogP contribution in [0.25, 0.3) is 0 Å². The van der Waals surface area contributed by atoms with Crippen LogP contribution in [0.5, 0.6) is 11.5 Å². The number of carboxylic acids is 1. The quantitative estimate of drug-likeness (QED) is 0.798. The first kappa shape index (κ1) is 14.9. The van der Waals surface area contributed by atoms with E-state index in [-0.39, 0.29) is 11.3 Å². The molecule has 2 aromatic rings. The second-order valence-electron chi connectivity index (χ2n) is 4.54. The molecule has 0 fully saturated rings. The molecule has 0 atom stereocenters. The standard InChI is InChI=1S/C16H17NO4/c1-20-9-8-11-2-4-12(5-3-11)21-13-6-7-14(16(18)19)15(17)10-13/h2-7,10H,8-9,17H2,1H3,(H,18,19). The molecule has 0 saturated carbocycles. The lowest BCUT2D eigenvalue weighted by Gasteiger charge is -2.08. The number of hydrogen-bond acceptors (Lipinski definition) is 4. The Bertz CT molecular complexity index is 623. The van der Waals surface area contributed by atoms with Crippen molar-refractivity contribution in [1.82, 2.24) is 0 Å². The summed E-state index contributed by atoms with van der Waals surface area (Å²) in [6, 6.07) is 12.1. The number of aromatic carboxylic acids is 1. The summed E-state index contributed by atoms with van der Waals surface area (Å²) in [5.74, 6) is 0.113. The first-order valence-corrected chi connectivity index (χ1v) is 6.48. The summed E-state index contributed by atoms with van der Waals surface area (Å²) in [5, 5.41) is 8.92. The zero-order chi connectivity index (χ0) is 15.2. The van der Waals surface area contributed by atoms with E-state index in [0.717, 1.165) is 12.0 Å². The fraction of sp³-hybridized carbons (Fsp3) is 0.188. The first-order chi connectivity index (χ1) is 10.1. The van der Waals surface area contributed by atoms with E-state index < -0.39 is 5.97 Å². The highest BCUT2D eigenvalue weighted by Gasteiger charge is 2.08. The number of carbonyl (C=O) groups is 1. The molecular formula is C16H17NO4. The highest BCUT2D eigenvalue weighted by Crippen LogP contribution is 2.25. The highest BCUT2D eigenvalue weighted by atomic mass is 16.5. The Balaban J connectivity index is 2.07. The third-order valence-corrected chi connectivity index (χ3v) is 3.01. The van der Waals surface area contributed by atoms with Gasteiger partial charge in [0, 0.05) is 18.9 Å². The van der Waals surface area contributed by atoms with Gasteiger partial charge in [0.15, 0.2) is 0 Å². The van der Waals surface area contributed by atoms with Gasteiger partial charge in [-0.25, -0.2) is 4.79 Å². The van der Waals surface area contributed by atoms with Crippen molar-refractivity contribution in [3.63, 3.8) is 0 Å². The fourth-order valence-electron chi connectivity index (χ4n) is 1.88. The average molecular weight is 287 g/mol. The van der Waals surface area contributed by atoms with Crippen LogP contribution in [0.2, 0.25) is 0 Å². The Hall–Kier alpha value is -2.53. The predicted molar refractivity (Wildman–Crippen MR) is 79.9 cm³/mol. The van der Waals surface area contributed by atoms with Crippen LogP contribution in [-0.2, 0) is 11.2 Å². The zero-order valence-electron chi connectivity index (χ0n) is 11.7. The van der Waals surface area contributed by atoms with Crippen LogP contribution in [0.15, 0.2) is 42.5 Å². The molecule has 5 heteroatoms. The van der Waals surface area contributed by atoms with Crippen molar-refractivity contribution in [3.05, 3.63) is 53.6 Å². The number of nitrogen functional groups attached to an aromatic ring is 1. The molecule has 0 aliphatic carbocycles. The van der Waals surface area contributed by atoms with Gasteiger partial charge in [-0.15, -0.1) is 0 Å². The second kappa shape index (κ2) is 6.76. The molecule has 0 unspecified atom stereocenters. The van der Waals surface area contributed by atoms with Crippen LogP contribution in [0.4, 0.5) is 5.69 Å². The van der Waals surface area contributed by atoms with Gasteiger partial charge in [-0.1, -0.05) is 12.1 Å². The molecule has 0 radical (unpaired) electrons. The maximum atomic E-state index is 10.9. The molecule has 0 saturated heterocycles. The maximum absolute atomic E-state index is 10.9. The van der Waals surface area contributed by atoms with Crippen molar-refractivity contribution >= 4 is 11.7 Å². The lowest BCUT2D eigenvalue weighted by atomic mass is 10.1. The minimum Gasteiger partial charge on any atom is -0.478 e. The molecule has 0 aromatic heterocycles. The number of ether oxygens (including phenoxy) is 2. The third-order valence-electron chi connectivity index (χ3n) is 3.01. The molecule has 0 bridgehead atoms. The van der Waals surface area contributed by atoms with Crippen molar-refractivity contribution in [2.75, 3.05) is 19.5 Å². The molecule has 2 aromatic carbocycles. The largest absolute Gasteiger partial charge is 0.478 e. The number of rotatable bonds is 6. The number of nitrogens with two attached hydrogens (primary N) is 1. The summed E-state index contributed by atoms with van der Waals surface area (Å²) < 4.78 is 10.7. The molecule has 2 rings (SSSR count). The second-order valence-corrected chi connectivity index (χ2v) is 4.54. The van der Waals surface area contributed by atoms with Gasteiger partial charge in [-0.3, -0.25) is 0 Å². The zero-order valence-corrected chi connectivity index (χ0v) is 11.7. The van der Waals surface area contributed by atoms with E-state index in [1.807, 2.05) is 24.3 Å². The Kier molecular flexibility index (Phi) is 4.79. The number of anilines is 1. The summed E-state index contributed by atoms with van der Waals surface area (Å²) in [6.07, 6.45) is 0.844. The van der Waals surface area contributed by atoms with E-state index in [2.05, 4.69) is 0 Å². The van der Waals surface area contributed by atoms with Crippen molar-refractivity contribution in [1.29, 1.82) is 0 Å². The summed E-state index contributed by atoms with van der Waals surface area (Å²) in [4.78, 5) is 10.9. The Labute approximate surface area is 122 Å². The summed E-state index contributed by atoms with van der Waals surface area (Å²) in [6.45, 7) is 0.674. The van der Waals surface area contributed by atoms with Crippen molar-refractivity contribution < 1.29 is 19.4 Å². The molecule has 21 heavy (non-hydrogen) atoms. The van der Waals surface area contributed by atoms with E-state index in [0.29, 0.717) is 18.1 Å². The van der Waals surface area contributed by atoms with Crippen molar-refractivity contribution in [2.45, 2.75) is 6.42 Å². The van der Waals surface area contributed by atoms with E-state index in [1.165, 1.54) is 12.1 Å². The highest BCUT2D eigenvalue weighted by molar-refractivity contribution is 5.93. The molecule has 0 spiro atoms. The smallest absolute Gasteiger partial charge is 0.337 e. The molecular weight excluding hydrogens is 270 g/mol. The fourth-order valence-corrected chi connectivity index (χ4v) is 1.88. The first-order valence-electron chi connectivity index (χ1n) is 6.48. The van der Waals surface area contributed by atoms with Gasteiger partial charge in [0.1, 0.15) is 11.5 Å². The van der Waals surface area contributed by atoms with Crippen molar-refractivity contribution in [3.8, 4) is 11.5 Å². The van der Waals surface area contributed by atoms with Gasteiger partial charge in [0.05, 0.1) is 12.2 Å². The van der Waals surface area contributed by atoms with Crippen LogP contribution < -0.4 is 10.5 Å². The molecule has 0 amide bonds. The number of carboxylic acid groups (broad SMARTS) is 1. The van der Waals surface area contributed by atoms with Crippen LogP contribution in [0.1, 0.15) is 15.9 Å². The minimum absolute atomic E-state index is 0.0669. The summed E-state index contributed by atoms with van der Waals surface area (Å²) in [5.41, 5.74) is 7.08. The average Bonchev–Trinajstić information content (AvgIpc) is 2.46. The van der Waals surface area contributed by atoms with Crippen molar-refractivity contribution in [2.24, 2.45) is 0 Å². The summed E-state index contributed by atoms with van der Waals surface area (Å²) >= 11 is 0. The van der Waals surface area contributed by atoms with Crippen LogP contribution in [-0.4, -0.2) is 24.8 Å². The minimum atomic E-state index is -1.05. The van der Waals surface area contributed by atoms with Gasteiger partial charge < -0.3 is 20.3 Å². The van der Waals surface area contributed by atoms with Crippen LogP contribution >= 0.6 is 0 Å².